The summed E-state index contributed by atoms with van der Waals surface area (Å²) >= 11 is 0. The molecule has 0 saturated heterocycles. The van der Waals surface area contributed by atoms with Crippen molar-refractivity contribution in [3.8, 4) is 22.8 Å². The number of rotatable bonds is 3. The Morgan fingerprint density at radius 1 is 0.781 bits per heavy atom. The van der Waals surface area contributed by atoms with E-state index in [9.17, 15) is 24.0 Å². The fourth-order valence-electron chi connectivity index (χ4n) is 3.46. The Morgan fingerprint density at radius 2 is 1.38 bits per heavy atom. The quantitative estimate of drug-likeness (QED) is 0.308. The average molecular weight is 428 g/mol. The molecule has 0 amide bonds. The second-order valence-electron chi connectivity index (χ2n) is 6.79. The van der Waals surface area contributed by atoms with Crippen LogP contribution in [0.25, 0.3) is 28.5 Å². The SMILES string of the molecule is O=Cc1c(=O)n(-c2ccccc2)c(=O)n2cc3c(=O)n(-c4ccccc4)c(=O)nc-3oc12. The van der Waals surface area contributed by atoms with Gasteiger partial charge in [0.2, 0.25) is 11.6 Å². The number of carbonyl (C=O) groups excluding carboxylic acids is 1. The van der Waals surface area contributed by atoms with Crippen LogP contribution in [0.4, 0.5) is 0 Å². The minimum absolute atomic E-state index is 0.182. The molecule has 0 radical (unpaired) electrons. The van der Waals surface area contributed by atoms with Gasteiger partial charge in [0.25, 0.3) is 11.1 Å². The minimum Gasteiger partial charge on any atom is -0.420 e. The van der Waals surface area contributed by atoms with E-state index in [-0.39, 0.29) is 23.2 Å². The van der Waals surface area contributed by atoms with Gasteiger partial charge in [-0.3, -0.25) is 14.4 Å². The number of aromatic nitrogens is 4. The van der Waals surface area contributed by atoms with Crippen LogP contribution >= 0.6 is 0 Å². The number of fused-ring (bicyclic) bond motifs is 2. The molecule has 156 valence electrons. The topological polar surface area (TPSA) is 126 Å². The number of carbonyl (C=O) groups is 1. The number of benzene rings is 2. The summed E-state index contributed by atoms with van der Waals surface area (Å²) in [5.41, 5.74) is -3.98. The van der Waals surface area contributed by atoms with Crippen molar-refractivity contribution in [3.63, 3.8) is 0 Å². The van der Waals surface area contributed by atoms with E-state index in [4.69, 9.17) is 4.42 Å². The summed E-state index contributed by atoms with van der Waals surface area (Å²) in [5, 5.41) is 0. The zero-order valence-corrected chi connectivity index (χ0v) is 16.2. The van der Waals surface area contributed by atoms with E-state index in [2.05, 4.69) is 4.98 Å². The molecular weight excluding hydrogens is 416 g/mol. The van der Waals surface area contributed by atoms with Gasteiger partial charge < -0.3 is 4.42 Å². The summed E-state index contributed by atoms with van der Waals surface area (Å²) < 4.78 is 7.98. The van der Waals surface area contributed by atoms with Gasteiger partial charge in [0.1, 0.15) is 11.1 Å². The molecule has 0 N–H and O–H groups in total. The molecule has 10 heteroatoms. The van der Waals surface area contributed by atoms with Gasteiger partial charge in [0, 0.05) is 6.20 Å². The fraction of sp³-hybridized carbons (Fsp3) is 0. The van der Waals surface area contributed by atoms with E-state index in [1.54, 1.807) is 48.5 Å². The molecule has 0 aliphatic carbocycles. The highest BCUT2D eigenvalue weighted by molar-refractivity contribution is 5.83. The molecule has 0 atom stereocenters. The van der Waals surface area contributed by atoms with Gasteiger partial charge in [-0.25, -0.2) is 23.1 Å². The second-order valence-corrected chi connectivity index (χ2v) is 6.79. The first-order valence-corrected chi connectivity index (χ1v) is 9.35. The molecule has 0 bridgehead atoms. The molecule has 10 nitrogen and oxygen atoms in total. The maximum Gasteiger partial charge on any atom is 0.358 e. The maximum absolute atomic E-state index is 13.2. The van der Waals surface area contributed by atoms with Crippen LogP contribution in [0.1, 0.15) is 10.4 Å². The van der Waals surface area contributed by atoms with E-state index < -0.39 is 39.7 Å². The summed E-state index contributed by atoms with van der Waals surface area (Å²) in [6, 6.07) is 16.1. The molecule has 0 fully saturated rings. The Morgan fingerprint density at radius 3 is 1.97 bits per heavy atom. The van der Waals surface area contributed by atoms with Gasteiger partial charge in [0.05, 0.1) is 11.4 Å². The van der Waals surface area contributed by atoms with Crippen molar-refractivity contribution in [3.05, 3.63) is 114 Å². The Balaban J connectivity index is 1.95. The number of nitrogens with zero attached hydrogens (tertiary/aromatic N) is 4. The van der Waals surface area contributed by atoms with Gasteiger partial charge in [-0.15, -0.1) is 0 Å². The van der Waals surface area contributed by atoms with Gasteiger partial charge >= 0.3 is 11.4 Å². The standard InChI is InChI=1S/C22H12N4O6/c27-12-16-19(29)26(14-9-5-2-6-10-14)22(31)24-11-15-17(32-20(16)24)23-21(30)25(18(15)28)13-7-3-1-4-8-13/h1-12H. The van der Waals surface area contributed by atoms with Crippen LogP contribution in [0.15, 0.2) is 90.5 Å². The molecule has 32 heavy (non-hydrogen) atoms. The van der Waals surface area contributed by atoms with Gasteiger partial charge in [-0.05, 0) is 24.3 Å². The fourth-order valence-corrected chi connectivity index (χ4v) is 3.46. The molecular formula is C22H12N4O6. The van der Waals surface area contributed by atoms with Crippen molar-refractivity contribution in [2.45, 2.75) is 0 Å². The first-order chi connectivity index (χ1) is 15.5. The third kappa shape index (κ3) is 2.74. The normalized spacial score (nSPS) is 11.1. The minimum atomic E-state index is -0.908. The third-order valence-corrected chi connectivity index (χ3v) is 4.93. The molecule has 3 aromatic rings. The number of hydrogen-bond donors (Lipinski definition) is 0. The molecule has 2 aromatic carbocycles. The van der Waals surface area contributed by atoms with E-state index >= 15 is 0 Å². The van der Waals surface area contributed by atoms with Crippen molar-refractivity contribution >= 4 is 12.0 Å². The Kier molecular flexibility index (Phi) is 4.26. The summed E-state index contributed by atoms with van der Waals surface area (Å²) in [6.45, 7) is 0. The van der Waals surface area contributed by atoms with E-state index in [1.165, 1.54) is 12.1 Å². The monoisotopic (exact) mass is 428 g/mol. The van der Waals surface area contributed by atoms with Crippen molar-refractivity contribution in [2.24, 2.45) is 0 Å². The van der Waals surface area contributed by atoms with Gasteiger partial charge in [-0.2, -0.15) is 4.98 Å². The molecule has 0 unspecified atom stereocenters. The van der Waals surface area contributed by atoms with E-state index in [1.807, 2.05) is 0 Å². The summed E-state index contributed by atoms with van der Waals surface area (Å²) in [5.74, 6) is -0.397. The summed E-state index contributed by atoms with van der Waals surface area (Å²) in [7, 11) is 0. The summed E-state index contributed by atoms with van der Waals surface area (Å²) in [6.07, 6.45) is 1.35. The zero-order chi connectivity index (χ0) is 22.4. The smallest absolute Gasteiger partial charge is 0.358 e. The lowest BCUT2D eigenvalue weighted by molar-refractivity contribution is 0.112. The van der Waals surface area contributed by atoms with Gasteiger partial charge in [0.15, 0.2) is 6.29 Å². The van der Waals surface area contributed by atoms with Crippen LogP contribution in [0.3, 0.4) is 0 Å². The highest BCUT2D eigenvalue weighted by Crippen LogP contribution is 2.18. The van der Waals surface area contributed by atoms with Gasteiger partial charge in [-0.1, -0.05) is 36.4 Å². The first kappa shape index (κ1) is 19.1. The van der Waals surface area contributed by atoms with Crippen molar-refractivity contribution < 1.29 is 9.21 Å². The largest absolute Gasteiger partial charge is 0.420 e. The van der Waals surface area contributed by atoms with Crippen LogP contribution in [0.2, 0.25) is 0 Å². The Bertz CT molecular complexity index is 1710. The highest BCUT2D eigenvalue weighted by atomic mass is 16.4. The van der Waals surface area contributed by atoms with Crippen molar-refractivity contribution in [2.75, 3.05) is 0 Å². The lowest BCUT2D eigenvalue weighted by atomic mass is 10.2. The molecule has 1 aromatic heterocycles. The van der Waals surface area contributed by atoms with Crippen molar-refractivity contribution in [1.29, 1.82) is 0 Å². The summed E-state index contributed by atoms with van der Waals surface area (Å²) in [4.78, 5) is 67.1. The molecule has 0 spiro atoms. The van der Waals surface area contributed by atoms with Crippen LogP contribution in [0.5, 0.6) is 0 Å². The zero-order valence-electron chi connectivity index (χ0n) is 16.2. The first-order valence-electron chi connectivity index (χ1n) is 9.35. The predicted molar refractivity (Wildman–Crippen MR) is 113 cm³/mol. The second kappa shape index (κ2) is 7.13. The van der Waals surface area contributed by atoms with Crippen LogP contribution in [-0.2, 0) is 0 Å². The molecule has 5 rings (SSSR count). The molecule has 3 heterocycles. The van der Waals surface area contributed by atoms with Crippen LogP contribution in [-0.4, -0.2) is 24.8 Å². The Hall–Kier alpha value is -4.86. The number of hydrogen-bond acceptors (Lipinski definition) is 7. The van der Waals surface area contributed by atoms with Crippen molar-refractivity contribution in [1.82, 2.24) is 18.5 Å². The lowest BCUT2D eigenvalue weighted by Gasteiger charge is -2.12. The number of aldehydes is 1. The van der Waals surface area contributed by atoms with E-state index in [0.29, 0.717) is 0 Å². The third-order valence-electron chi connectivity index (χ3n) is 4.93. The maximum atomic E-state index is 13.2. The average Bonchev–Trinajstić information content (AvgIpc) is 2.80. The predicted octanol–water partition coefficient (Wildman–Crippen LogP) is 0.867. The van der Waals surface area contributed by atoms with Crippen LogP contribution < -0.4 is 22.5 Å². The lowest BCUT2D eigenvalue weighted by Crippen LogP contribution is -2.40. The molecule has 2 aliphatic rings. The molecule has 2 aliphatic heterocycles. The van der Waals surface area contributed by atoms with E-state index in [0.717, 1.165) is 19.7 Å². The number of para-hydroxylation sites is 2. The Labute approximate surface area is 177 Å². The molecule has 0 saturated carbocycles. The van der Waals surface area contributed by atoms with Crippen LogP contribution in [0, 0.1) is 0 Å². The highest BCUT2D eigenvalue weighted by Gasteiger charge is 2.23.